The third-order valence-corrected chi connectivity index (χ3v) is 3.33. The Morgan fingerprint density at radius 3 is 2.79 bits per heavy atom. The lowest BCUT2D eigenvalue weighted by atomic mass is 9.66. The Kier molecular flexibility index (Phi) is 3.68. The molecule has 0 fully saturated rings. The molecule has 14 heavy (non-hydrogen) atoms. The van der Waals surface area contributed by atoms with Crippen LogP contribution in [0.25, 0.3) is 0 Å². The standard InChI is InChI=1S/C13H20O/c1-11-7-6-9-13(2,3)12(11)8-4-5-10-14/h4-7,10-12H,8-9H2,1-3H3/b5-4+/t11-,12?/m1/s1. The summed E-state index contributed by atoms with van der Waals surface area (Å²) < 4.78 is 0. The van der Waals surface area contributed by atoms with Crippen molar-refractivity contribution in [2.75, 3.05) is 0 Å². The molecule has 1 unspecified atom stereocenters. The first kappa shape index (κ1) is 11.2. The van der Waals surface area contributed by atoms with Gasteiger partial charge >= 0.3 is 0 Å². The third-order valence-electron chi connectivity index (χ3n) is 3.33. The molecule has 0 radical (unpaired) electrons. The van der Waals surface area contributed by atoms with Crippen LogP contribution >= 0.6 is 0 Å². The summed E-state index contributed by atoms with van der Waals surface area (Å²) in [6.07, 6.45) is 11.2. The van der Waals surface area contributed by atoms with Gasteiger partial charge in [-0.1, -0.05) is 39.0 Å². The molecule has 0 saturated carbocycles. The zero-order chi connectivity index (χ0) is 10.6. The summed E-state index contributed by atoms with van der Waals surface area (Å²) in [6.45, 7) is 6.88. The molecule has 0 aliphatic heterocycles. The molecule has 0 N–H and O–H groups in total. The van der Waals surface area contributed by atoms with Crippen molar-refractivity contribution in [3.8, 4) is 0 Å². The molecule has 0 aromatic rings. The van der Waals surface area contributed by atoms with E-state index in [4.69, 9.17) is 0 Å². The predicted octanol–water partition coefficient (Wildman–Crippen LogP) is 3.37. The van der Waals surface area contributed by atoms with Crippen molar-refractivity contribution in [1.82, 2.24) is 0 Å². The quantitative estimate of drug-likeness (QED) is 0.380. The fourth-order valence-electron chi connectivity index (χ4n) is 2.40. The van der Waals surface area contributed by atoms with E-state index in [0.29, 0.717) is 17.3 Å². The third kappa shape index (κ3) is 2.57. The van der Waals surface area contributed by atoms with Crippen LogP contribution in [0.3, 0.4) is 0 Å². The van der Waals surface area contributed by atoms with Gasteiger partial charge in [-0.25, -0.2) is 0 Å². The molecule has 1 nitrogen and oxygen atoms in total. The molecule has 0 heterocycles. The van der Waals surface area contributed by atoms with Gasteiger partial charge in [-0.3, -0.25) is 4.79 Å². The second-order valence-corrected chi connectivity index (χ2v) is 4.89. The molecule has 0 amide bonds. The van der Waals surface area contributed by atoms with Crippen molar-refractivity contribution in [3.05, 3.63) is 24.3 Å². The van der Waals surface area contributed by atoms with Crippen LogP contribution in [0.2, 0.25) is 0 Å². The molecule has 0 aromatic heterocycles. The van der Waals surface area contributed by atoms with Gasteiger partial charge in [0.05, 0.1) is 0 Å². The molecule has 2 atom stereocenters. The SMILES string of the molecule is C[C@@H]1C=CCC(C)(C)C1C/C=C/C=O. The first-order chi connectivity index (χ1) is 6.58. The number of rotatable bonds is 3. The Morgan fingerprint density at radius 2 is 2.21 bits per heavy atom. The van der Waals surface area contributed by atoms with Crippen molar-refractivity contribution < 1.29 is 4.79 Å². The number of aldehydes is 1. The highest BCUT2D eigenvalue weighted by Gasteiger charge is 2.33. The summed E-state index contributed by atoms with van der Waals surface area (Å²) in [7, 11) is 0. The minimum atomic E-state index is 0.362. The first-order valence-electron chi connectivity index (χ1n) is 5.35. The summed E-state index contributed by atoms with van der Waals surface area (Å²) >= 11 is 0. The lowest BCUT2D eigenvalue weighted by Gasteiger charge is -2.39. The zero-order valence-corrected chi connectivity index (χ0v) is 9.36. The lowest BCUT2D eigenvalue weighted by Crippen LogP contribution is -2.30. The highest BCUT2D eigenvalue weighted by molar-refractivity contribution is 5.64. The van der Waals surface area contributed by atoms with Gasteiger partial charge in [-0.05, 0) is 36.2 Å². The lowest BCUT2D eigenvalue weighted by molar-refractivity contribution is -0.104. The zero-order valence-electron chi connectivity index (χ0n) is 9.36. The first-order valence-corrected chi connectivity index (χ1v) is 5.35. The van der Waals surface area contributed by atoms with Gasteiger partial charge in [0.2, 0.25) is 0 Å². The molecule has 78 valence electrons. The van der Waals surface area contributed by atoms with Crippen LogP contribution in [-0.2, 0) is 4.79 Å². The van der Waals surface area contributed by atoms with Crippen LogP contribution in [0.4, 0.5) is 0 Å². The number of allylic oxidation sites excluding steroid dienone is 4. The van der Waals surface area contributed by atoms with Gasteiger partial charge < -0.3 is 0 Å². The van der Waals surface area contributed by atoms with Crippen LogP contribution in [0.1, 0.15) is 33.6 Å². The summed E-state index contributed by atoms with van der Waals surface area (Å²) in [5.41, 5.74) is 0.362. The monoisotopic (exact) mass is 192 g/mol. The smallest absolute Gasteiger partial charge is 0.142 e. The van der Waals surface area contributed by atoms with Crippen LogP contribution in [0.5, 0.6) is 0 Å². The molecule has 1 heteroatoms. The largest absolute Gasteiger partial charge is 0.299 e. The minimum absolute atomic E-state index is 0.362. The number of carbonyl (C=O) groups is 1. The number of hydrogen-bond donors (Lipinski definition) is 0. The summed E-state index contributed by atoms with van der Waals surface area (Å²) in [5.74, 6) is 1.28. The normalized spacial score (nSPS) is 30.8. The van der Waals surface area contributed by atoms with Crippen molar-refractivity contribution in [1.29, 1.82) is 0 Å². The Morgan fingerprint density at radius 1 is 1.50 bits per heavy atom. The maximum atomic E-state index is 10.2. The summed E-state index contributed by atoms with van der Waals surface area (Å²) in [5, 5.41) is 0. The Hall–Kier alpha value is -0.850. The Bertz CT molecular complexity index is 248. The van der Waals surface area contributed by atoms with E-state index < -0.39 is 0 Å². The molecule has 0 bridgehead atoms. The fraction of sp³-hybridized carbons (Fsp3) is 0.615. The highest BCUT2D eigenvalue weighted by Crippen LogP contribution is 2.42. The van der Waals surface area contributed by atoms with Gasteiger partial charge in [-0.2, -0.15) is 0 Å². The minimum Gasteiger partial charge on any atom is -0.299 e. The Labute approximate surface area is 86.9 Å². The molecule has 1 aliphatic carbocycles. The van der Waals surface area contributed by atoms with Crippen LogP contribution in [-0.4, -0.2) is 6.29 Å². The van der Waals surface area contributed by atoms with E-state index in [-0.39, 0.29) is 0 Å². The van der Waals surface area contributed by atoms with Crippen molar-refractivity contribution in [3.63, 3.8) is 0 Å². The maximum absolute atomic E-state index is 10.2. The highest BCUT2D eigenvalue weighted by atomic mass is 16.1. The van der Waals surface area contributed by atoms with Gasteiger partial charge in [0, 0.05) is 0 Å². The van der Waals surface area contributed by atoms with Gasteiger partial charge in [0.25, 0.3) is 0 Å². The maximum Gasteiger partial charge on any atom is 0.142 e. The van der Waals surface area contributed by atoms with Crippen molar-refractivity contribution >= 4 is 6.29 Å². The van der Waals surface area contributed by atoms with Crippen LogP contribution < -0.4 is 0 Å². The average Bonchev–Trinajstić information content (AvgIpc) is 2.09. The predicted molar refractivity (Wildman–Crippen MR) is 60.0 cm³/mol. The molecule has 0 spiro atoms. The van der Waals surface area contributed by atoms with E-state index in [9.17, 15) is 4.79 Å². The Balaban J connectivity index is 2.67. The molecule has 0 aromatic carbocycles. The molecular formula is C13H20O. The number of hydrogen-bond acceptors (Lipinski definition) is 1. The topological polar surface area (TPSA) is 17.1 Å². The number of carbonyl (C=O) groups excluding carboxylic acids is 1. The second-order valence-electron chi connectivity index (χ2n) is 4.89. The second kappa shape index (κ2) is 4.59. The van der Waals surface area contributed by atoms with Crippen LogP contribution in [0.15, 0.2) is 24.3 Å². The van der Waals surface area contributed by atoms with Gasteiger partial charge in [0.15, 0.2) is 0 Å². The van der Waals surface area contributed by atoms with Crippen molar-refractivity contribution in [2.45, 2.75) is 33.6 Å². The van der Waals surface area contributed by atoms with Gasteiger partial charge in [0.1, 0.15) is 6.29 Å². The molecular weight excluding hydrogens is 172 g/mol. The van der Waals surface area contributed by atoms with Gasteiger partial charge in [-0.15, -0.1) is 0 Å². The van der Waals surface area contributed by atoms with E-state index in [2.05, 4.69) is 32.9 Å². The molecule has 1 aliphatic rings. The fourth-order valence-corrected chi connectivity index (χ4v) is 2.40. The van der Waals surface area contributed by atoms with Crippen molar-refractivity contribution in [2.24, 2.45) is 17.3 Å². The van der Waals surface area contributed by atoms with E-state index >= 15 is 0 Å². The molecule has 1 rings (SSSR count). The van der Waals surface area contributed by atoms with E-state index in [1.807, 2.05) is 6.08 Å². The van der Waals surface area contributed by atoms with E-state index in [0.717, 1.165) is 19.1 Å². The summed E-state index contributed by atoms with van der Waals surface area (Å²) in [6, 6.07) is 0. The van der Waals surface area contributed by atoms with E-state index in [1.54, 1.807) is 6.08 Å². The molecule has 0 saturated heterocycles. The summed E-state index contributed by atoms with van der Waals surface area (Å²) in [4.78, 5) is 10.2. The van der Waals surface area contributed by atoms with Crippen LogP contribution in [0, 0.1) is 17.3 Å². The average molecular weight is 192 g/mol. The van der Waals surface area contributed by atoms with E-state index in [1.165, 1.54) is 0 Å².